The van der Waals surface area contributed by atoms with E-state index in [9.17, 15) is 8.42 Å². The Morgan fingerprint density at radius 1 is 0.840 bits per heavy atom. The van der Waals surface area contributed by atoms with E-state index in [-0.39, 0.29) is 0 Å². The number of anilines is 3. The second-order valence-electron chi connectivity index (χ2n) is 5.40. The van der Waals surface area contributed by atoms with Crippen LogP contribution in [0.2, 0.25) is 0 Å². The molecule has 0 atom stereocenters. The molecule has 0 aliphatic heterocycles. The van der Waals surface area contributed by atoms with Gasteiger partial charge in [-0.15, -0.1) is 11.3 Å². The van der Waals surface area contributed by atoms with Gasteiger partial charge in [-0.2, -0.15) is 0 Å². The third-order valence-electron chi connectivity index (χ3n) is 3.50. The smallest absolute Gasteiger partial charge is 0.271 e. The van der Waals surface area contributed by atoms with Crippen LogP contribution >= 0.6 is 11.3 Å². The van der Waals surface area contributed by atoms with E-state index in [1.54, 1.807) is 31.4 Å². The summed E-state index contributed by atoms with van der Waals surface area (Å²) in [5.74, 6) is 0.791. The van der Waals surface area contributed by atoms with Gasteiger partial charge in [-0.25, -0.2) is 8.42 Å². The third-order valence-corrected chi connectivity index (χ3v) is 6.37. The van der Waals surface area contributed by atoms with Crippen LogP contribution in [-0.2, 0) is 10.0 Å². The van der Waals surface area contributed by atoms with Crippen LogP contribution in [0.15, 0.2) is 64.9 Å². The second-order valence-corrected chi connectivity index (χ2v) is 8.60. The lowest BCUT2D eigenvalue weighted by atomic mass is 10.2. The lowest BCUT2D eigenvalue weighted by Crippen LogP contribution is -2.11. The Balaban J connectivity index is 1.69. The van der Waals surface area contributed by atoms with Crippen molar-refractivity contribution in [1.29, 1.82) is 0 Å². The standard InChI is InChI=1S/C18H18N2O3S2/c1-13-3-12-18(24-13)25(21,22)20-16-6-4-14(5-7-16)19-15-8-10-17(23-2)11-9-15/h3-12,19-20H,1-2H3. The molecule has 0 aliphatic carbocycles. The lowest BCUT2D eigenvalue weighted by Gasteiger charge is -2.10. The first kappa shape index (κ1) is 17.3. The minimum Gasteiger partial charge on any atom is -0.497 e. The number of thiophene rings is 1. The van der Waals surface area contributed by atoms with Crippen molar-refractivity contribution < 1.29 is 13.2 Å². The van der Waals surface area contributed by atoms with E-state index in [2.05, 4.69) is 10.0 Å². The molecule has 5 nitrogen and oxygen atoms in total. The molecular formula is C18H18N2O3S2. The summed E-state index contributed by atoms with van der Waals surface area (Å²) < 4.78 is 32.7. The van der Waals surface area contributed by atoms with E-state index in [4.69, 9.17) is 4.74 Å². The Hall–Kier alpha value is -2.51. The highest BCUT2D eigenvalue weighted by Crippen LogP contribution is 2.25. The molecule has 2 aromatic carbocycles. The predicted octanol–water partition coefficient (Wildman–Crippen LogP) is 4.61. The van der Waals surface area contributed by atoms with Crippen molar-refractivity contribution in [2.75, 3.05) is 17.1 Å². The molecule has 0 saturated carbocycles. The van der Waals surface area contributed by atoms with E-state index in [1.807, 2.05) is 43.3 Å². The number of methoxy groups -OCH3 is 1. The maximum Gasteiger partial charge on any atom is 0.271 e. The molecule has 0 saturated heterocycles. The average Bonchev–Trinajstić information content (AvgIpc) is 3.05. The number of ether oxygens (including phenoxy) is 1. The highest BCUT2D eigenvalue weighted by molar-refractivity contribution is 7.94. The van der Waals surface area contributed by atoms with Crippen molar-refractivity contribution >= 4 is 38.4 Å². The van der Waals surface area contributed by atoms with Crippen LogP contribution in [0.25, 0.3) is 0 Å². The fourth-order valence-corrected chi connectivity index (χ4v) is 4.57. The zero-order valence-electron chi connectivity index (χ0n) is 13.8. The molecule has 0 unspecified atom stereocenters. The molecule has 25 heavy (non-hydrogen) atoms. The van der Waals surface area contributed by atoms with Gasteiger partial charge < -0.3 is 10.1 Å². The fraction of sp³-hybridized carbons (Fsp3) is 0.111. The monoisotopic (exact) mass is 374 g/mol. The van der Waals surface area contributed by atoms with E-state index in [1.165, 1.54) is 11.3 Å². The Kier molecular flexibility index (Phi) is 4.96. The lowest BCUT2D eigenvalue weighted by molar-refractivity contribution is 0.415. The highest BCUT2D eigenvalue weighted by atomic mass is 32.2. The van der Waals surface area contributed by atoms with Crippen LogP contribution in [0, 0.1) is 6.92 Å². The summed E-state index contributed by atoms with van der Waals surface area (Å²) in [7, 11) is -1.91. The number of benzene rings is 2. The largest absolute Gasteiger partial charge is 0.497 e. The molecule has 1 heterocycles. The van der Waals surface area contributed by atoms with Crippen molar-refractivity contribution in [2.45, 2.75) is 11.1 Å². The van der Waals surface area contributed by atoms with Gasteiger partial charge in [0, 0.05) is 21.9 Å². The van der Waals surface area contributed by atoms with Gasteiger partial charge in [-0.3, -0.25) is 4.72 Å². The van der Waals surface area contributed by atoms with Gasteiger partial charge in [0.2, 0.25) is 0 Å². The maximum absolute atomic E-state index is 12.3. The fourth-order valence-electron chi connectivity index (χ4n) is 2.22. The zero-order valence-corrected chi connectivity index (χ0v) is 15.4. The molecular weight excluding hydrogens is 356 g/mol. The van der Waals surface area contributed by atoms with Gasteiger partial charge in [0.1, 0.15) is 9.96 Å². The quantitative estimate of drug-likeness (QED) is 0.661. The first-order valence-corrected chi connectivity index (χ1v) is 9.87. The van der Waals surface area contributed by atoms with Crippen molar-refractivity contribution in [2.24, 2.45) is 0 Å². The van der Waals surface area contributed by atoms with Crippen LogP contribution in [0.5, 0.6) is 5.75 Å². The zero-order chi connectivity index (χ0) is 17.9. The topological polar surface area (TPSA) is 67.4 Å². The number of rotatable bonds is 6. The maximum atomic E-state index is 12.3. The normalized spacial score (nSPS) is 11.1. The SMILES string of the molecule is COc1ccc(Nc2ccc(NS(=O)(=O)c3ccc(C)s3)cc2)cc1. The molecule has 0 fully saturated rings. The summed E-state index contributed by atoms with van der Waals surface area (Å²) in [5.41, 5.74) is 2.30. The van der Waals surface area contributed by atoms with E-state index in [0.717, 1.165) is 22.0 Å². The van der Waals surface area contributed by atoms with Gasteiger partial charge in [0.15, 0.2) is 0 Å². The van der Waals surface area contributed by atoms with Crippen molar-refractivity contribution in [1.82, 2.24) is 0 Å². The van der Waals surface area contributed by atoms with Gasteiger partial charge in [0.25, 0.3) is 10.0 Å². The summed E-state index contributed by atoms with van der Waals surface area (Å²) in [6.45, 7) is 1.88. The molecule has 1 aromatic heterocycles. The van der Waals surface area contributed by atoms with Crippen LogP contribution in [-0.4, -0.2) is 15.5 Å². The van der Waals surface area contributed by atoms with Gasteiger partial charge in [-0.05, 0) is 67.6 Å². The summed E-state index contributed by atoms with van der Waals surface area (Å²) in [6, 6.07) is 18.1. The summed E-state index contributed by atoms with van der Waals surface area (Å²) >= 11 is 1.25. The predicted molar refractivity (Wildman–Crippen MR) is 103 cm³/mol. The first-order valence-electron chi connectivity index (χ1n) is 7.57. The minimum atomic E-state index is -3.54. The Labute approximate surface area is 151 Å². The molecule has 0 amide bonds. The summed E-state index contributed by atoms with van der Waals surface area (Å²) in [5, 5.41) is 3.25. The average molecular weight is 374 g/mol. The molecule has 0 aliphatic rings. The van der Waals surface area contributed by atoms with Gasteiger partial charge in [-0.1, -0.05) is 0 Å². The van der Waals surface area contributed by atoms with E-state index >= 15 is 0 Å². The Morgan fingerprint density at radius 3 is 1.92 bits per heavy atom. The Bertz CT molecular complexity index is 947. The molecule has 0 radical (unpaired) electrons. The molecule has 3 rings (SSSR count). The summed E-state index contributed by atoms with van der Waals surface area (Å²) in [6.07, 6.45) is 0. The van der Waals surface area contributed by atoms with Crippen LogP contribution in [0.4, 0.5) is 17.1 Å². The van der Waals surface area contributed by atoms with Gasteiger partial charge in [0.05, 0.1) is 7.11 Å². The molecule has 0 spiro atoms. The van der Waals surface area contributed by atoms with Crippen molar-refractivity contribution in [3.05, 3.63) is 65.5 Å². The Morgan fingerprint density at radius 2 is 1.40 bits per heavy atom. The highest BCUT2D eigenvalue weighted by Gasteiger charge is 2.16. The first-order chi connectivity index (χ1) is 12.0. The van der Waals surface area contributed by atoms with Crippen LogP contribution < -0.4 is 14.8 Å². The summed E-state index contributed by atoms with van der Waals surface area (Å²) in [4.78, 5) is 0.958. The molecule has 3 aromatic rings. The number of hydrogen-bond donors (Lipinski definition) is 2. The molecule has 2 N–H and O–H groups in total. The molecule has 130 valence electrons. The van der Waals surface area contributed by atoms with Crippen LogP contribution in [0.3, 0.4) is 0 Å². The van der Waals surface area contributed by atoms with E-state index < -0.39 is 10.0 Å². The number of hydrogen-bond acceptors (Lipinski definition) is 5. The van der Waals surface area contributed by atoms with Crippen LogP contribution in [0.1, 0.15) is 4.88 Å². The number of sulfonamides is 1. The van der Waals surface area contributed by atoms with Crippen molar-refractivity contribution in [3.8, 4) is 5.75 Å². The minimum absolute atomic E-state index is 0.311. The number of nitrogens with one attached hydrogen (secondary N) is 2. The van der Waals surface area contributed by atoms with Crippen molar-refractivity contribution in [3.63, 3.8) is 0 Å². The molecule has 7 heteroatoms. The second kappa shape index (κ2) is 7.16. The molecule has 0 bridgehead atoms. The van der Waals surface area contributed by atoms with E-state index in [0.29, 0.717) is 9.90 Å². The van der Waals surface area contributed by atoms with Gasteiger partial charge >= 0.3 is 0 Å². The number of aryl methyl sites for hydroxylation is 1. The third kappa shape index (κ3) is 4.32.